The van der Waals surface area contributed by atoms with Gasteiger partial charge in [0, 0.05) is 26.1 Å². The van der Waals surface area contributed by atoms with Crippen LogP contribution in [0.25, 0.3) is 0 Å². The van der Waals surface area contributed by atoms with E-state index in [1.807, 2.05) is 0 Å². The van der Waals surface area contributed by atoms with Crippen molar-refractivity contribution < 1.29 is 13.5 Å². The van der Waals surface area contributed by atoms with Gasteiger partial charge in [-0.15, -0.1) is 0 Å². The SMILES string of the molecule is COCCC1CC1(F)F. The van der Waals surface area contributed by atoms with E-state index in [9.17, 15) is 8.78 Å². The van der Waals surface area contributed by atoms with E-state index < -0.39 is 11.8 Å². The Morgan fingerprint density at radius 1 is 1.67 bits per heavy atom. The highest BCUT2D eigenvalue weighted by Gasteiger charge is 2.55. The fraction of sp³-hybridized carbons (Fsp3) is 1.00. The number of hydrogen-bond donors (Lipinski definition) is 0. The predicted octanol–water partition coefficient (Wildman–Crippen LogP) is 1.68. The monoisotopic (exact) mass is 136 g/mol. The lowest BCUT2D eigenvalue weighted by molar-refractivity contribution is 0.0874. The Bertz CT molecular complexity index is 103. The first-order valence-electron chi connectivity index (χ1n) is 3.03. The molecule has 0 N–H and O–H groups in total. The van der Waals surface area contributed by atoms with Crippen molar-refractivity contribution in [1.29, 1.82) is 0 Å². The largest absolute Gasteiger partial charge is 0.385 e. The molecule has 0 aromatic rings. The highest BCUT2D eigenvalue weighted by molar-refractivity contribution is 4.94. The van der Waals surface area contributed by atoms with Crippen molar-refractivity contribution in [1.82, 2.24) is 0 Å². The lowest BCUT2D eigenvalue weighted by atomic mass is 10.3. The van der Waals surface area contributed by atoms with Gasteiger partial charge >= 0.3 is 0 Å². The standard InChI is InChI=1S/C6H10F2O/c1-9-3-2-5-4-6(5,7)8/h5H,2-4H2,1H3. The molecule has 1 aliphatic rings. The molecule has 0 radical (unpaired) electrons. The third-order valence-corrected chi connectivity index (χ3v) is 1.63. The van der Waals surface area contributed by atoms with E-state index in [0.717, 1.165) is 0 Å². The van der Waals surface area contributed by atoms with E-state index in [-0.39, 0.29) is 6.42 Å². The molecule has 0 spiro atoms. The summed E-state index contributed by atoms with van der Waals surface area (Å²) in [5, 5.41) is 0. The summed E-state index contributed by atoms with van der Waals surface area (Å²) in [6, 6.07) is 0. The zero-order chi connectivity index (χ0) is 6.91. The summed E-state index contributed by atoms with van der Waals surface area (Å²) in [5.74, 6) is -2.75. The van der Waals surface area contributed by atoms with Crippen LogP contribution in [-0.4, -0.2) is 19.6 Å². The number of halogens is 2. The Morgan fingerprint density at radius 3 is 2.56 bits per heavy atom. The Labute approximate surface area is 53.0 Å². The Balaban J connectivity index is 2.06. The molecule has 1 fully saturated rings. The van der Waals surface area contributed by atoms with E-state index in [1.165, 1.54) is 7.11 Å². The van der Waals surface area contributed by atoms with Gasteiger partial charge in [0.15, 0.2) is 0 Å². The second-order valence-corrected chi connectivity index (χ2v) is 2.44. The van der Waals surface area contributed by atoms with Crippen LogP contribution in [0.2, 0.25) is 0 Å². The quantitative estimate of drug-likeness (QED) is 0.573. The lowest BCUT2D eigenvalue weighted by Crippen LogP contribution is -1.97. The number of alkyl halides is 2. The van der Waals surface area contributed by atoms with Crippen molar-refractivity contribution >= 4 is 0 Å². The maximum atomic E-state index is 12.1. The first kappa shape index (κ1) is 6.93. The van der Waals surface area contributed by atoms with Crippen LogP contribution in [0.3, 0.4) is 0 Å². The summed E-state index contributed by atoms with van der Waals surface area (Å²) in [5.41, 5.74) is 0. The average Bonchev–Trinajstić information content (AvgIpc) is 2.35. The van der Waals surface area contributed by atoms with Crippen molar-refractivity contribution in [3.63, 3.8) is 0 Å². The Morgan fingerprint density at radius 2 is 2.22 bits per heavy atom. The van der Waals surface area contributed by atoms with Crippen LogP contribution in [0.15, 0.2) is 0 Å². The summed E-state index contributed by atoms with van der Waals surface area (Å²) < 4.78 is 28.8. The molecule has 3 heteroatoms. The first-order valence-corrected chi connectivity index (χ1v) is 3.03. The van der Waals surface area contributed by atoms with Gasteiger partial charge in [-0.2, -0.15) is 0 Å². The van der Waals surface area contributed by atoms with Crippen LogP contribution >= 0.6 is 0 Å². The molecule has 0 amide bonds. The normalized spacial score (nSPS) is 30.3. The molecule has 0 aromatic heterocycles. The fourth-order valence-corrected chi connectivity index (χ4v) is 0.843. The van der Waals surface area contributed by atoms with Gasteiger partial charge in [0.2, 0.25) is 0 Å². The second kappa shape index (κ2) is 2.21. The van der Waals surface area contributed by atoms with E-state index >= 15 is 0 Å². The number of rotatable bonds is 3. The molecular weight excluding hydrogens is 126 g/mol. The molecule has 1 aliphatic carbocycles. The van der Waals surface area contributed by atoms with Crippen molar-refractivity contribution in [3.8, 4) is 0 Å². The van der Waals surface area contributed by atoms with E-state index in [0.29, 0.717) is 13.0 Å². The second-order valence-electron chi connectivity index (χ2n) is 2.44. The lowest BCUT2D eigenvalue weighted by Gasteiger charge is -1.95. The topological polar surface area (TPSA) is 9.23 Å². The van der Waals surface area contributed by atoms with Crippen LogP contribution in [0.1, 0.15) is 12.8 Å². The molecule has 1 nitrogen and oxygen atoms in total. The van der Waals surface area contributed by atoms with Gasteiger partial charge < -0.3 is 4.74 Å². The fourth-order valence-electron chi connectivity index (χ4n) is 0.843. The summed E-state index contributed by atoms with van der Waals surface area (Å²) in [7, 11) is 1.53. The van der Waals surface area contributed by atoms with Gasteiger partial charge in [-0.1, -0.05) is 0 Å². The zero-order valence-corrected chi connectivity index (χ0v) is 5.36. The molecule has 1 rings (SSSR count). The smallest absolute Gasteiger partial charge is 0.251 e. The molecule has 0 heterocycles. The minimum atomic E-state index is -2.36. The van der Waals surface area contributed by atoms with E-state index in [1.54, 1.807) is 0 Å². The van der Waals surface area contributed by atoms with Crippen molar-refractivity contribution in [3.05, 3.63) is 0 Å². The first-order chi connectivity index (χ1) is 4.17. The highest BCUT2D eigenvalue weighted by Crippen LogP contribution is 2.50. The van der Waals surface area contributed by atoms with E-state index in [2.05, 4.69) is 4.74 Å². The predicted molar refractivity (Wildman–Crippen MR) is 29.5 cm³/mol. The highest BCUT2D eigenvalue weighted by atomic mass is 19.3. The molecule has 0 aromatic carbocycles. The molecule has 0 bridgehead atoms. The van der Waals surface area contributed by atoms with Crippen LogP contribution in [-0.2, 0) is 4.74 Å². The summed E-state index contributed by atoms with van der Waals surface area (Å²) >= 11 is 0. The maximum Gasteiger partial charge on any atom is 0.251 e. The number of hydrogen-bond acceptors (Lipinski definition) is 1. The van der Waals surface area contributed by atoms with Crippen molar-refractivity contribution in [2.75, 3.05) is 13.7 Å². The van der Waals surface area contributed by atoms with Gasteiger partial charge in [-0.3, -0.25) is 0 Å². The maximum absolute atomic E-state index is 12.1. The van der Waals surface area contributed by atoms with Crippen LogP contribution in [0.5, 0.6) is 0 Å². The van der Waals surface area contributed by atoms with Crippen LogP contribution in [0, 0.1) is 5.92 Å². The molecule has 1 atom stereocenters. The zero-order valence-electron chi connectivity index (χ0n) is 5.36. The van der Waals surface area contributed by atoms with E-state index in [4.69, 9.17) is 0 Å². The van der Waals surface area contributed by atoms with Crippen LogP contribution in [0.4, 0.5) is 8.78 Å². The Hall–Kier alpha value is -0.180. The minimum Gasteiger partial charge on any atom is -0.385 e. The summed E-state index contributed by atoms with van der Waals surface area (Å²) in [6.45, 7) is 0.459. The third-order valence-electron chi connectivity index (χ3n) is 1.63. The van der Waals surface area contributed by atoms with Crippen LogP contribution < -0.4 is 0 Å². The van der Waals surface area contributed by atoms with Gasteiger partial charge in [0.1, 0.15) is 0 Å². The molecule has 0 saturated heterocycles. The number of ether oxygens (including phenoxy) is 1. The molecule has 1 saturated carbocycles. The third kappa shape index (κ3) is 1.61. The molecule has 0 aliphatic heterocycles. The molecular formula is C6H10F2O. The van der Waals surface area contributed by atoms with Gasteiger partial charge in [-0.25, -0.2) is 8.78 Å². The van der Waals surface area contributed by atoms with Crippen molar-refractivity contribution in [2.24, 2.45) is 5.92 Å². The molecule has 1 unspecified atom stereocenters. The molecule has 9 heavy (non-hydrogen) atoms. The summed E-state index contributed by atoms with van der Waals surface area (Å²) in [4.78, 5) is 0. The van der Waals surface area contributed by atoms with Gasteiger partial charge in [0.25, 0.3) is 5.92 Å². The Kier molecular flexibility index (Phi) is 1.70. The average molecular weight is 136 g/mol. The minimum absolute atomic E-state index is 0.0658. The number of methoxy groups -OCH3 is 1. The van der Waals surface area contributed by atoms with Gasteiger partial charge in [0.05, 0.1) is 0 Å². The van der Waals surface area contributed by atoms with Gasteiger partial charge in [-0.05, 0) is 6.42 Å². The summed E-state index contributed by atoms with van der Waals surface area (Å²) in [6.07, 6.45) is 0.569. The molecule has 54 valence electrons. The van der Waals surface area contributed by atoms with Crippen molar-refractivity contribution in [2.45, 2.75) is 18.8 Å².